The molecule has 600 valence electrons. The van der Waals surface area contributed by atoms with Gasteiger partial charge in [-0.25, -0.2) is 9.13 Å². The van der Waals surface area contributed by atoms with Crippen LogP contribution in [-0.2, 0) is 65.4 Å². The predicted octanol–water partition coefficient (Wildman–Crippen LogP) is 24.4. The minimum atomic E-state index is -4.96. The number of hydrogen-bond donors (Lipinski definition) is 3. The highest BCUT2D eigenvalue weighted by Gasteiger charge is 2.30. The van der Waals surface area contributed by atoms with Crippen molar-refractivity contribution in [3.8, 4) is 0 Å². The Hall–Kier alpha value is -1.94. The van der Waals surface area contributed by atoms with Gasteiger partial charge in [-0.15, -0.1) is 0 Å². The van der Waals surface area contributed by atoms with E-state index in [1.165, 1.54) is 218 Å². The summed E-state index contributed by atoms with van der Waals surface area (Å²) in [5.41, 5.74) is 0. The van der Waals surface area contributed by atoms with Gasteiger partial charge in [0.15, 0.2) is 12.2 Å². The van der Waals surface area contributed by atoms with Gasteiger partial charge < -0.3 is 33.8 Å². The lowest BCUT2D eigenvalue weighted by molar-refractivity contribution is -0.161. The summed E-state index contributed by atoms with van der Waals surface area (Å²) in [6.45, 7) is 14.2. The molecule has 0 amide bonds. The molecule has 0 rings (SSSR count). The van der Waals surface area contributed by atoms with Crippen LogP contribution in [0.1, 0.15) is 421 Å². The van der Waals surface area contributed by atoms with Crippen LogP contribution < -0.4 is 0 Å². The minimum Gasteiger partial charge on any atom is -0.462 e. The number of aliphatic hydroxyl groups is 1. The van der Waals surface area contributed by atoms with Crippen molar-refractivity contribution in [3.63, 3.8) is 0 Å². The number of phosphoric acid groups is 2. The summed E-state index contributed by atoms with van der Waals surface area (Å²) in [5, 5.41) is 10.6. The molecule has 0 aromatic rings. The van der Waals surface area contributed by atoms with E-state index in [9.17, 15) is 43.2 Å². The molecular formula is C82H160O17P2. The Morgan fingerprint density at radius 3 is 0.614 bits per heavy atom. The fraction of sp³-hybridized carbons (Fsp3) is 0.951. The standard InChI is InChI=1S/C82H160O17P2/c1-72(2)58-50-42-34-28-22-17-13-9-11-15-19-25-32-38-48-56-64-81(86)98-77(68-92-79(84)62-54-46-37-31-27-21-24-30-36-44-52-60-74(5)6)70-96-100(88,89)94-66-76(83)67-95-101(90,91)97-71-78(69-93-80(85)63-55-47-41-40-45-53-61-75(7)8)99-82(87)65-57-49-39-33-26-20-16-12-10-14-18-23-29-35-43-51-59-73(3)4/h72-78,83H,9-71H2,1-8H3,(H,88,89)(H,90,91)/t76?,77-,78-/m1/s1. The predicted molar refractivity (Wildman–Crippen MR) is 414 cm³/mol. The topological polar surface area (TPSA) is 237 Å². The number of aliphatic hydroxyl groups excluding tert-OH is 1. The third kappa shape index (κ3) is 76.1. The Kier molecular flexibility index (Phi) is 69.6. The smallest absolute Gasteiger partial charge is 0.462 e. The molecule has 0 bridgehead atoms. The zero-order valence-electron chi connectivity index (χ0n) is 66.5. The second-order valence-corrected chi connectivity index (χ2v) is 34.3. The number of carbonyl (C=O) groups excluding carboxylic acids is 4. The zero-order chi connectivity index (χ0) is 74.6. The van der Waals surface area contributed by atoms with Gasteiger partial charge in [-0.3, -0.25) is 37.3 Å². The molecule has 19 heteroatoms. The summed E-state index contributed by atoms with van der Waals surface area (Å²) in [4.78, 5) is 73.0. The van der Waals surface area contributed by atoms with Crippen LogP contribution >= 0.6 is 15.6 Å². The molecule has 5 atom stereocenters. The zero-order valence-corrected chi connectivity index (χ0v) is 68.3. The van der Waals surface area contributed by atoms with E-state index in [-0.39, 0.29) is 25.7 Å². The van der Waals surface area contributed by atoms with Gasteiger partial charge in [-0.1, -0.05) is 370 Å². The molecule has 17 nitrogen and oxygen atoms in total. The number of carbonyl (C=O) groups is 4. The van der Waals surface area contributed by atoms with Gasteiger partial charge in [0.1, 0.15) is 19.3 Å². The van der Waals surface area contributed by atoms with Gasteiger partial charge in [0, 0.05) is 25.7 Å². The van der Waals surface area contributed by atoms with E-state index in [0.717, 1.165) is 114 Å². The van der Waals surface area contributed by atoms with E-state index in [0.29, 0.717) is 31.6 Å². The Balaban J connectivity index is 5.21. The maximum absolute atomic E-state index is 13.1. The van der Waals surface area contributed by atoms with E-state index in [1.807, 2.05) is 0 Å². The quantitative estimate of drug-likeness (QED) is 0.0222. The van der Waals surface area contributed by atoms with Crippen molar-refractivity contribution in [1.82, 2.24) is 0 Å². The Bertz CT molecular complexity index is 1970. The van der Waals surface area contributed by atoms with Crippen molar-refractivity contribution in [3.05, 3.63) is 0 Å². The van der Waals surface area contributed by atoms with Crippen molar-refractivity contribution in [2.75, 3.05) is 39.6 Å². The summed E-state index contributed by atoms with van der Waals surface area (Å²) in [6.07, 6.45) is 58.5. The van der Waals surface area contributed by atoms with Crippen LogP contribution in [0.2, 0.25) is 0 Å². The van der Waals surface area contributed by atoms with E-state index in [1.54, 1.807) is 0 Å². The Morgan fingerprint density at radius 2 is 0.416 bits per heavy atom. The monoisotopic (exact) mass is 1480 g/mol. The maximum atomic E-state index is 13.1. The van der Waals surface area contributed by atoms with Crippen molar-refractivity contribution in [1.29, 1.82) is 0 Å². The van der Waals surface area contributed by atoms with E-state index < -0.39 is 97.5 Å². The first-order valence-corrected chi connectivity index (χ1v) is 45.2. The lowest BCUT2D eigenvalue weighted by Gasteiger charge is -2.21. The summed E-state index contributed by atoms with van der Waals surface area (Å²) in [7, 11) is -9.92. The highest BCUT2D eigenvalue weighted by Crippen LogP contribution is 2.45. The van der Waals surface area contributed by atoms with Crippen molar-refractivity contribution >= 4 is 39.5 Å². The lowest BCUT2D eigenvalue weighted by atomic mass is 10.0. The molecule has 0 saturated carbocycles. The van der Waals surface area contributed by atoms with Crippen LogP contribution in [0.15, 0.2) is 0 Å². The normalized spacial score (nSPS) is 14.0. The van der Waals surface area contributed by atoms with Gasteiger partial charge in [0.25, 0.3) is 0 Å². The van der Waals surface area contributed by atoms with Gasteiger partial charge in [-0.05, 0) is 49.4 Å². The number of unbranched alkanes of at least 4 members (excludes halogenated alkanes) is 45. The summed E-state index contributed by atoms with van der Waals surface area (Å²) in [6, 6.07) is 0. The number of hydrogen-bond acceptors (Lipinski definition) is 15. The molecule has 0 aliphatic heterocycles. The van der Waals surface area contributed by atoms with Gasteiger partial charge in [0.2, 0.25) is 0 Å². The average molecular weight is 1480 g/mol. The van der Waals surface area contributed by atoms with Crippen LogP contribution in [0.25, 0.3) is 0 Å². The van der Waals surface area contributed by atoms with Crippen LogP contribution in [-0.4, -0.2) is 96.7 Å². The summed E-state index contributed by atoms with van der Waals surface area (Å²) >= 11 is 0. The van der Waals surface area contributed by atoms with Gasteiger partial charge >= 0.3 is 39.5 Å². The van der Waals surface area contributed by atoms with Gasteiger partial charge in [-0.2, -0.15) is 0 Å². The van der Waals surface area contributed by atoms with Crippen molar-refractivity contribution in [2.45, 2.75) is 440 Å². The summed E-state index contributed by atoms with van der Waals surface area (Å²) < 4.78 is 68.7. The Labute approximate surface area is 619 Å². The first-order chi connectivity index (χ1) is 48.6. The third-order valence-corrected chi connectivity index (χ3v) is 21.0. The van der Waals surface area contributed by atoms with E-state index in [4.69, 9.17) is 37.0 Å². The molecule has 0 aromatic carbocycles. The second-order valence-electron chi connectivity index (χ2n) is 31.4. The number of ether oxygens (including phenoxy) is 4. The number of phosphoric ester groups is 2. The highest BCUT2D eigenvalue weighted by atomic mass is 31.2. The first kappa shape index (κ1) is 99.1. The second kappa shape index (κ2) is 71.0. The third-order valence-electron chi connectivity index (χ3n) is 19.1. The molecular weight excluding hydrogens is 1320 g/mol. The van der Waals surface area contributed by atoms with Gasteiger partial charge in [0.05, 0.1) is 26.4 Å². The molecule has 0 spiro atoms. The average Bonchev–Trinajstić information content (AvgIpc) is 1.01. The molecule has 0 heterocycles. The first-order valence-electron chi connectivity index (χ1n) is 42.2. The molecule has 3 unspecified atom stereocenters. The fourth-order valence-corrected chi connectivity index (χ4v) is 14.2. The van der Waals surface area contributed by atoms with Crippen molar-refractivity contribution < 1.29 is 80.2 Å². The molecule has 0 fully saturated rings. The van der Waals surface area contributed by atoms with E-state index in [2.05, 4.69) is 55.4 Å². The number of rotatable bonds is 79. The Morgan fingerprint density at radius 1 is 0.248 bits per heavy atom. The largest absolute Gasteiger partial charge is 0.472 e. The molecule has 0 saturated heterocycles. The molecule has 0 aliphatic rings. The fourth-order valence-electron chi connectivity index (χ4n) is 12.6. The van der Waals surface area contributed by atoms with Crippen LogP contribution in [0.5, 0.6) is 0 Å². The molecule has 0 aromatic heterocycles. The highest BCUT2D eigenvalue weighted by molar-refractivity contribution is 7.47. The summed E-state index contributed by atoms with van der Waals surface area (Å²) in [5.74, 6) is 0.954. The van der Waals surface area contributed by atoms with Crippen LogP contribution in [0, 0.1) is 23.7 Å². The molecule has 3 N–H and O–H groups in total. The number of esters is 4. The SMILES string of the molecule is CC(C)CCCCCCCCCCCCCCCCCCC(=O)O[C@H](COC(=O)CCCCCCCCCCCCCC(C)C)COP(=O)(O)OCC(O)COP(=O)(O)OC[C@@H](COC(=O)CCCCCCCCC(C)C)OC(=O)CCCCCCCCCCCCCCCCCCC(C)C. The lowest BCUT2D eigenvalue weighted by Crippen LogP contribution is -2.30. The van der Waals surface area contributed by atoms with Crippen LogP contribution in [0.3, 0.4) is 0 Å². The molecule has 0 aliphatic carbocycles. The molecule has 101 heavy (non-hydrogen) atoms. The van der Waals surface area contributed by atoms with Crippen molar-refractivity contribution in [2.24, 2.45) is 23.7 Å². The molecule has 0 radical (unpaired) electrons. The minimum absolute atomic E-state index is 0.107. The van der Waals surface area contributed by atoms with E-state index >= 15 is 0 Å². The maximum Gasteiger partial charge on any atom is 0.472 e. The van der Waals surface area contributed by atoms with Crippen LogP contribution in [0.4, 0.5) is 0 Å².